The van der Waals surface area contributed by atoms with Gasteiger partial charge in [0.15, 0.2) is 0 Å². The van der Waals surface area contributed by atoms with Gasteiger partial charge in [0.1, 0.15) is 17.0 Å². The molecule has 1 aliphatic heterocycles. The average molecular weight is 389 g/mol. The number of imide groups is 1. The molecule has 1 unspecified atom stereocenters. The second-order valence-electron chi connectivity index (χ2n) is 6.27. The zero-order chi connectivity index (χ0) is 19.6. The number of carbonyl (C=O) groups is 2. The molecule has 2 aromatic carbocycles. The Morgan fingerprint density at radius 1 is 1.07 bits per heavy atom. The van der Waals surface area contributed by atoms with Crippen molar-refractivity contribution in [2.24, 2.45) is 0 Å². The molecule has 0 radical (unpaired) electrons. The van der Waals surface area contributed by atoms with Crippen LogP contribution in [-0.2, 0) is 16.9 Å². The minimum atomic E-state index is -1.10. The molecule has 0 bridgehead atoms. The normalized spacial score (nSPS) is 19.2. The van der Waals surface area contributed by atoms with Crippen LogP contribution in [0.3, 0.4) is 0 Å². The van der Waals surface area contributed by atoms with E-state index in [0.29, 0.717) is 34.1 Å². The lowest BCUT2D eigenvalue weighted by Gasteiger charge is -2.26. The van der Waals surface area contributed by atoms with Gasteiger partial charge in [0.05, 0.1) is 20.8 Å². The van der Waals surface area contributed by atoms with Crippen molar-refractivity contribution in [3.05, 3.63) is 58.6 Å². The lowest BCUT2D eigenvalue weighted by Crippen LogP contribution is -2.43. The van der Waals surface area contributed by atoms with Crippen molar-refractivity contribution in [2.45, 2.75) is 25.4 Å². The molecule has 27 heavy (non-hydrogen) atoms. The van der Waals surface area contributed by atoms with Crippen LogP contribution in [0.15, 0.2) is 42.5 Å². The third-order valence-electron chi connectivity index (χ3n) is 4.86. The summed E-state index contributed by atoms with van der Waals surface area (Å²) in [7, 11) is 3.11. The van der Waals surface area contributed by atoms with Crippen LogP contribution in [-0.4, -0.2) is 31.1 Å². The Morgan fingerprint density at radius 3 is 2.37 bits per heavy atom. The van der Waals surface area contributed by atoms with Crippen molar-refractivity contribution in [3.63, 3.8) is 0 Å². The number of benzene rings is 2. The van der Waals surface area contributed by atoms with E-state index in [1.807, 2.05) is 6.92 Å². The van der Waals surface area contributed by atoms with Gasteiger partial charge in [0, 0.05) is 10.6 Å². The van der Waals surface area contributed by atoms with Crippen LogP contribution in [0.1, 0.15) is 24.5 Å². The summed E-state index contributed by atoms with van der Waals surface area (Å²) in [5, 5.41) is 3.37. The molecule has 142 valence electrons. The Hall–Kier alpha value is -2.73. The van der Waals surface area contributed by atoms with E-state index in [-0.39, 0.29) is 12.5 Å². The highest BCUT2D eigenvalue weighted by atomic mass is 35.5. The van der Waals surface area contributed by atoms with E-state index < -0.39 is 11.6 Å². The number of rotatable bonds is 6. The number of ether oxygens (including phenoxy) is 2. The van der Waals surface area contributed by atoms with Gasteiger partial charge >= 0.3 is 6.03 Å². The highest BCUT2D eigenvalue weighted by Gasteiger charge is 2.51. The van der Waals surface area contributed by atoms with Crippen LogP contribution >= 0.6 is 11.6 Å². The summed E-state index contributed by atoms with van der Waals surface area (Å²) in [6, 6.07) is 11.8. The molecule has 1 saturated heterocycles. The Balaban J connectivity index is 1.94. The second kappa shape index (κ2) is 7.48. The molecular weight excluding hydrogens is 368 g/mol. The maximum atomic E-state index is 13.3. The van der Waals surface area contributed by atoms with Gasteiger partial charge < -0.3 is 14.8 Å². The molecule has 0 spiro atoms. The first-order valence-corrected chi connectivity index (χ1v) is 8.94. The highest BCUT2D eigenvalue weighted by Crippen LogP contribution is 2.35. The molecule has 1 heterocycles. The number of urea groups is 1. The van der Waals surface area contributed by atoms with E-state index in [4.69, 9.17) is 21.1 Å². The zero-order valence-corrected chi connectivity index (χ0v) is 16.2. The largest absolute Gasteiger partial charge is 0.497 e. The first-order valence-electron chi connectivity index (χ1n) is 8.56. The summed E-state index contributed by atoms with van der Waals surface area (Å²) < 4.78 is 10.5. The lowest BCUT2D eigenvalue weighted by molar-refractivity contribution is -0.132. The zero-order valence-electron chi connectivity index (χ0n) is 15.4. The van der Waals surface area contributed by atoms with E-state index in [1.165, 1.54) is 12.0 Å². The molecule has 0 aromatic heterocycles. The summed E-state index contributed by atoms with van der Waals surface area (Å²) in [5.41, 5.74) is 0.273. The summed E-state index contributed by atoms with van der Waals surface area (Å²) in [6.45, 7) is 1.94. The monoisotopic (exact) mass is 388 g/mol. The molecule has 1 atom stereocenters. The van der Waals surface area contributed by atoms with Crippen molar-refractivity contribution in [2.75, 3.05) is 14.2 Å². The number of nitrogens with one attached hydrogen (secondary N) is 1. The van der Waals surface area contributed by atoms with E-state index >= 15 is 0 Å². The van der Waals surface area contributed by atoms with Gasteiger partial charge in [0.25, 0.3) is 5.91 Å². The Bertz CT molecular complexity index is 869. The third kappa shape index (κ3) is 3.32. The highest BCUT2D eigenvalue weighted by molar-refractivity contribution is 6.30. The predicted molar refractivity (Wildman–Crippen MR) is 102 cm³/mol. The standard InChI is InChI=1S/C20H21ClN2O4/c1-4-20(14-5-8-16(26-2)9-6-14)18(24)23(19(25)22-20)12-13-11-15(21)7-10-17(13)27-3/h5-11H,4,12H2,1-3H3,(H,22,25). The molecule has 2 aromatic rings. The molecule has 1 N–H and O–H groups in total. The molecule has 7 heteroatoms. The maximum Gasteiger partial charge on any atom is 0.325 e. The van der Waals surface area contributed by atoms with Crippen molar-refractivity contribution >= 4 is 23.5 Å². The van der Waals surface area contributed by atoms with Crippen LogP contribution in [0.4, 0.5) is 4.79 Å². The molecule has 3 amide bonds. The fraction of sp³-hybridized carbons (Fsp3) is 0.300. The van der Waals surface area contributed by atoms with Gasteiger partial charge in [-0.25, -0.2) is 4.79 Å². The van der Waals surface area contributed by atoms with Gasteiger partial charge in [-0.3, -0.25) is 9.69 Å². The van der Waals surface area contributed by atoms with Crippen LogP contribution in [0.5, 0.6) is 11.5 Å². The number of methoxy groups -OCH3 is 2. The molecule has 6 nitrogen and oxygen atoms in total. The Morgan fingerprint density at radius 2 is 1.78 bits per heavy atom. The third-order valence-corrected chi connectivity index (χ3v) is 5.09. The van der Waals surface area contributed by atoms with Crippen molar-refractivity contribution in [1.82, 2.24) is 10.2 Å². The van der Waals surface area contributed by atoms with E-state index in [2.05, 4.69) is 5.32 Å². The van der Waals surface area contributed by atoms with Gasteiger partial charge in [0.2, 0.25) is 0 Å². The van der Waals surface area contributed by atoms with Gasteiger partial charge in [-0.1, -0.05) is 30.7 Å². The SMILES string of the molecule is CCC1(c2ccc(OC)cc2)NC(=O)N(Cc2cc(Cl)ccc2OC)C1=O. The minimum Gasteiger partial charge on any atom is -0.497 e. The van der Waals surface area contributed by atoms with Crippen LogP contribution in [0, 0.1) is 0 Å². The summed E-state index contributed by atoms with van der Waals surface area (Å²) in [5.74, 6) is 0.947. The van der Waals surface area contributed by atoms with Crippen LogP contribution in [0.2, 0.25) is 5.02 Å². The Kier molecular flexibility index (Phi) is 5.28. The number of carbonyl (C=O) groups excluding carboxylic acids is 2. The number of hydrogen-bond acceptors (Lipinski definition) is 4. The van der Waals surface area contributed by atoms with E-state index in [0.717, 1.165) is 0 Å². The van der Waals surface area contributed by atoms with E-state index in [1.54, 1.807) is 49.6 Å². The maximum absolute atomic E-state index is 13.3. The van der Waals surface area contributed by atoms with Gasteiger partial charge in [-0.2, -0.15) is 0 Å². The summed E-state index contributed by atoms with van der Waals surface area (Å²) in [6.07, 6.45) is 0.424. The fourth-order valence-corrected chi connectivity index (χ4v) is 3.52. The first-order chi connectivity index (χ1) is 12.9. The fourth-order valence-electron chi connectivity index (χ4n) is 3.33. The second-order valence-corrected chi connectivity index (χ2v) is 6.70. The van der Waals surface area contributed by atoms with Gasteiger partial charge in [-0.05, 0) is 42.3 Å². The summed E-state index contributed by atoms with van der Waals surface area (Å²) >= 11 is 6.07. The predicted octanol–water partition coefficient (Wildman–Crippen LogP) is 3.71. The average Bonchev–Trinajstić information content (AvgIpc) is 2.93. The number of amides is 3. The molecule has 0 aliphatic carbocycles. The molecular formula is C20H21ClN2O4. The summed E-state index contributed by atoms with van der Waals surface area (Å²) in [4.78, 5) is 27.1. The van der Waals surface area contributed by atoms with Gasteiger partial charge in [-0.15, -0.1) is 0 Å². The van der Waals surface area contributed by atoms with Crippen molar-refractivity contribution in [1.29, 1.82) is 0 Å². The van der Waals surface area contributed by atoms with Crippen LogP contribution in [0.25, 0.3) is 0 Å². The van der Waals surface area contributed by atoms with Crippen molar-refractivity contribution < 1.29 is 19.1 Å². The lowest BCUT2D eigenvalue weighted by atomic mass is 9.87. The Labute approximate surface area is 163 Å². The molecule has 0 saturated carbocycles. The van der Waals surface area contributed by atoms with E-state index in [9.17, 15) is 9.59 Å². The number of nitrogens with zero attached hydrogens (tertiary/aromatic N) is 1. The number of halogens is 1. The first kappa shape index (κ1) is 19.0. The minimum absolute atomic E-state index is 0.0757. The number of hydrogen-bond donors (Lipinski definition) is 1. The molecule has 3 rings (SSSR count). The topological polar surface area (TPSA) is 67.9 Å². The molecule has 1 fully saturated rings. The smallest absolute Gasteiger partial charge is 0.325 e. The molecule has 1 aliphatic rings. The van der Waals surface area contributed by atoms with Crippen molar-refractivity contribution in [3.8, 4) is 11.5 Å². The quantitative estimate of drug-likeness (QED) is 0.766. The van der Waals surface area contributed by atoms with Crippen LogP contribution < -0.4 is 14.8 Å².